The fraction of sp³-hybridized carbons (Fsp3) is 0.500. The predicted octanol–water partition coefficient (Wildman–Crippen LogP) is 3.43. The molecule has 0 N–H and O–H groups in total. The van der Waals surface area contributed by atoms with E-state index in [1.54, 1.807) is 12.1 Å². The van der Waals surface area contributed by atoms with Gasteiger partial charge in [0.05, 0.1) is 5.56 Å². The molecule has 0 bridgehead atoms. The fourth-order valence-corrected chi connectivity index (χ4v) is 2.19. The minimum atomic E-state index is -1.00. The van der Waals surface area contributed by atoms with Crippen molar-refractivity contribution in [3.63, 3.8) is 0 Å². The van der Waals surface area contributed by atoms with Crippen LogP contribution in [-0.2, 0) is 4.74 Å². The van der Waals surface area contributed by atoms with E-state index in [4.69, 9.17) is 4.74 Å². The Kier molecular flexibility index (Phi) is 3.77. The van der Waals surface area contributed by atoms with E-state index in [2.05, 4.69) is 0 Å². The summed E-state index contributed by atoms with van der Waals surface area (Å²) in [4.78, 5) is 11.9. The van der Waals surface area contributed by atoms with Gasteiger partial charge >= 0.3 is 5.97 Å². The molecule has 1 fully saturated rings. The lowest BCUT2D eigenvalue weighted by Crippen LogP contribution is -2.31. The van der Waals surface area contributed by atoms with E-state index in [0.29, 0.717) is 18.4 Å². The van der Waals surface area contributed by atoms with Crippen molar-refractivity contribution in [1.29, 1.82) is 0 Å². The lowest BCUT2D eigenvalue weighted by atomic mass is 9.96. The highest BCUT2D eigenvalue weighted by molar-refractivity contribution is 5.91. The maximum Gasteiger partial charge on any atom is 0.338 e. The minimum Gasteiger partial charge on any atom is -0.456 e. The Morgan fingerprint density at radius 3 is 2.71 bits per heavy atom. The Hall–Kier alpha value is -1.38. The molecule has 0 aliphatic heterocycles. The van der Waals surface area contributed by atoms with Gasteiger partial charge in [0.1, 0.15) is 12.3 Å². The number of carbonyl (C=O) groups is 1. The van der Waals surface area contributed by atoms with Gasteiger partial charge in [-0.1, -0.05) is 24.6 Å². The zero-order valence-corrected chi connectivity index (χ0v) is 9.99. The van der Waals surface area contributed by atoms with E-state index >= 15 is 0 Å². The van der Waals surface area contributed by atoms with Gasteiger partial charge in [0.2, 0.25) is 0 Å². The van der Waals surface area contributed by atoms with Gasteiger partial charge in [-0.2, -0.15) is 0 Å². The molecule has 1 aliphatic carbocycles. The van der Waals surface area contributed by atoms with Crippen molar-refractivity contribution in [2.24, 2.45) is 0 Å². The Morgan fingerprint density at radius 1 is 1.29 bits per heavy atom. The molecule has 1 aromatic rings. The maximum absolute atomic E-state index is 13.5. The van der Waals surface area contributed by atoms with E-state index in [1.165, 1.54) is 0 Å². The van der Waals surface area contributed by atoms with Crippen molar-refractivity contribution >= 4 is 5.97 Å². The van der Waals surface area contributed by atoms with Crippen molar-refractivity contribution in [1.82, 2.24) is 0 Å². The molecule has 0 saturated heterocycles. The van der Waals surface area contributed by atoms with Crippen LogP contribution in [0.1, 0.15) is 41.6 Å². The summed E-state index contributed by atoms with van der Waals surface area (Å²) in [5.74, 6) is -0.405. The van der Waals surface area contributed by atoms with Gasteiger partial charge in [-0.05, 0) is 37.8 Å². The monoisotopic (exact) mass is 236 g/mol. The van der Waals surface area contributed by atoms with E-state index in [9.17, 15) is 9.18 Å². The Labute approximate surface area is 101 Å². The lowest BCUT2D eigenvalue weighted by Gasteiger charge is -2.25. The summed E-state index contributed by atoms with van der Waals surface area (Å²) >= 11 is 0. The molecule has 1 saturated carbocycles. The lowest BCUT2D eigenvalue weighted by molar-refractivity contribution is -0.00793. The van der Waals surface area contributed by atoms with Crippen LogP contribution in [0.5, 0.6) is 0 Å². The zero-order valence-electron chi connectivity index (χ0n) is 9.99. The SMILES string of the molecule is Cc1ccccc1C(=O)OC1CCCCC1F. The molecule has 1 aromatic carbocycles. The number of carbonyl (C=O) groups excluding carboxylic acids is 1. The number of hydrogen-bond acceptors (Lipinski definition) is 2. The normalized spacial score (nSPS) is 24.4. The molecule has 0 heterocycles. The summed E-state index contributed by atoms with van der Waals surface area (Å²) in [5.41, 5.74) is 1.40. The molecule has 0 radical (unpaired) electrons. The second-order valence-corrected chi connectivity index (χ2v) is 4.56. The second-order valence-electron chi connectivity index (χ2n) is 4.56. The summed E-state index contributed by atoms with van der Waals surface area (Å²) in [6.45, 7) is 1.85. The first-order valence-corrected chi connectivity index (χ1v) is 6.09. The summed E-state index contributed by atoms with van der Waals surface area (Å²) in [6.07, 6.45) is 1.41. The molecule has 92 valence electrons. The number of rotatable bonds is 2. The maximum atomic E-state index is 13.5. The van der Waals surface area contributed by atoms with Gasteiger partial charge < -0.3 is 4.74 Å². The zero-order chi connectivity index (χ0) is 12.3. The number of alkyl halides is 1. The quantitative estimate of drug-likeness (QED) is 0.735. The van der Waals surface area contributed by atoms with Crippen LogP contribution in [0.4, 0.5) is 4.39 Å². The Morgan fingerprint density at radius 2 is 2.00 bits per heavy atom. The molecule has 1 aliphatic rings. The molecule has 2 rings (SSSR count). The highest BCUT2D eigenvalue weighted by Gasteiger charge is 2.28. The molecular formula is C14H17FO2. The standard InChI is InChI=1S/C14H17FO2/c1-10-6-2-3-7-11(10)14(16)17-13-9-5-4-8-12(13)15/h2-3,6-7,12-13H,4-5,8-9H2,1H3. The first-order valence-electron chi connectivity index (χ1n) is 6.09. The van der Waals surface area contributed by atoms with Gasteiger partial charge in [0, 0.05) is 0 Å². The molecule has 17 heavy (non-hydrogen) atoms. The van der Waals surface area contributed by atoms with Crippen LogP contribution >= 0.6 is 0 Å². The largest absolute Gasteiger partial charge is 0.456 e. The first-order chi connectivity index (χ1) is 8.18. The smallest absolute Gasteiger partial charge is 0.338 e. The highest BCUT2D eigenvalue weighted by atomic mass is 19.1. The van der Waals surface area contributed by atoms with Crippen molar-refractivity contribution < 1.29 is 13.9 Å². The Bertz CT molecular complexity index is 403. The third-order valence-corrected chi connectivity index (χ3v) is 3.25. The van der Waals surface area contributed by atoms with E-state index < -0.39 is 18.2 Å². The van der Waals surface area contributed by atoms with Crippen LogP contribution in [0.3, 0.4) is 0 Å². The van der Waals surface area contributed by atoms with Crippen LogP contribution < -0.4 is 0 Å². The van der Waals surface area contributed by atoms with Crippen molar-refractivity contribution in [3.05, 3.63) is 35.4 Å². The topological polar surface area (TPSA) is 26.3 Å². The summed E-state index contributed by atoms with van der Waals surface area (Å²) in [5, 5.41) is 0. The fourth-order valence-electron chi connectivity index (χ4n) is 2.19. The number of ether oxygens (including phenoxy) is 1. The number of benzene rings is 1. The van der Waals surface area contributed by atoms with Crippen molar-refractivity contribution in [2.75, 3.05) is 0 Å². The van der Waals surface area contributed by atoms with E-state index in [0.717, 1.165) is 18.4 Å². The number of aryl methyl sites for hydroxylation is 1. The molecule has 0 amide bonds. The molecular weight excluding hydrogens is 219 g/mol. The average molecular weight is 236 g/mol. The number of esters is 1. The number of hydrogen-bond donors (Lipinski definition) is 0. The van der Waals surface area contributed by atoms with Crippen LogP contribution in [0.15, 0.2) is 24.3 Å². The minimum absolute atomic E-state index is 0.405. The van der Waals surface area contributed by atoms with Gasteiger partial charge in [-0.3, -0.25) is 0 Å². The average Bonchev–Trinajstić information content (AvgIpc) is 2.32. The molecule has 2 atom stereocenters. The van der Waals surface area contributed by atoms with Crippen LogP contribution in [0.25, 0.3) is 0 Å². The van der Waals surface area contributed by atoms with E-state index in [-0.39, 0.29) is 0 Å². The van der Waals surface area contributed by atoms with Gasteiger partial charge in [0.15, 0.2) is 0 Å². The van der Waals surface area contributed by atoms with Gasteiger partial charge in [-0.25, -0.2) is 9.18 Å². The molecule has 2 unspecified atom stereocenters. The van der Waals surface area contributed by atoms with Crippen LogP contribution in [0.2, 0.25) is 0 Å². The summed E-state index contributed by atoms with van der Waals surface area (Å²) in [6, 6.07) is 7.22. The van der Waals surface area contributed by atoms with Crippen LogP contribution in [0, 0.1) is 6.92 Å². The summed E-state index contributed by atoms with van der Waals surface area (Å²) < 4.78 is 18.8. The predicted molar refractivity (Wildman–Crippen MR) is 63.7 cm³/mol. The number of halogens is 1. The first kappa shape index (κ1) is 12.1. The third kappa shape index (κ3) is 2.84. The second kappa shape index (κ2) is 5.30. The van der Waals surface area contributed by atoms with Crippen LogP contribution in [-0.4, -0.2) is 18.2 Å². The van der Waals surface area contributed by atoms with E-state index in [1.807, 2.05) is 19.1 Å². The molecule has 0 aromatic heterocycles. The molecule has 3 heteroatoms. The summed E-state index contributed by atoms with van der Waals surface area (Å²) in [7, 11) is 0. The third-order valence-electron chi connectivity index (χ3n) is 3.25. The molecule has 0 spiro atoms. The van der Waals surface area contributed by atoms with Crippen molar-refractivity contribution in [2.45, 2.75) is 44.9 Å². The van der Waals surface area contributed by atoms with Gasteiger partial charge in [0.25, 0.3) is 0 Å². The highest BCUT2D eigenvalue weighted by Crippen LogP contribution is 2.25. The van der Waals surface area contributed by atoms with Crippen molar-refractivity contribution in [3.8, 4) is 0 Å². The Balaban J connectivity index is 2.04. The van der Waals surface area contributed by atoms with Gasteiger partial charge in [-0.15, -0.1) is 0 Å². The molecule has 2 nitrogen and oxygen atoms in total.